The molecule has 0 spiro atoms. The van der Waals surface area contributed by atoms with E-state index in [0.717, 1.165) is 6.08 Å². The molecule has 0 fully saturated rings. The van der Waals surface area contributed by atoms with Gasteiger partial charge in [-0.25, -0.2) is 4.79 Å². The predicted molar refractivity (Wildman–Crippen MR) is 86.4 cm³/mol. The van der Waals surface area contributed by atoms with E-state index in [-0.39, 0.29) is 33.0 Å². The number of ether oxygens (including phenoxy) is 1. The topological polar surface area (TPSA) is 97.4 Å². The molecule has 0 saturated carbocycles. The Morgan fingerprint density at radius 3 is 1.35 bits per heavy atom. The molecular weight excluding hydrogens is 346 g/mol. The lowest BCUT2D eigenvalue weighted by molar-refractivity contribution is -0.137. The Morgan fingerprint density at radius 2 is 1.09 bits per heavy atom. The molecule has 0 unspecified atom stereocenters. The van der Waals surface area contributed by atoms with Gasteiger partial charge in [-0.1, -0.05) is 0 Å². The second kappa shape index (κ2) is 11.1. The van der Waals surface area contributed by atoms with E-state index in [1.54, 1.807) is 34.6 Å². The Kier molecular flexibility index (Phi) is 10.9. The number of rotatable bonds is 12. The van der Waals surface area contributed by atoms with Gasteiger partial charge in [0.2, 0.25) is 0 Å². The third-order valence-electron chi connectivity index (χ3n) is 2.29. The zero-order chi connectivity index (χ0) is 17.9. The Labute approximate surface area is 137 Å². The van der Waals surface area contributed by atoms with Crippen molar-refractivity contribution in [1.29, 1.82) is 0 Å². The first-order valence-corrected chi connectivity index (χ1v) is 10.6. The van der Waals surface area contributed by atoms with Gasteiger partial charge in [-0.15, -0.1) is 0 Å². The van der Waals surface area contributed by atoms with Gasteiger partial charge in [-0.3, -0.25) is 9.13 Å². The van der Waals surface area contributed by atoms with Crippen LogP contribution in [-0.2, 0) is 36.8 Å². The second-order valence-corrected chi connectivity index (χ2v) is 8.26. The molecule has 23 heavy (non-hydrogen) atoms. The molecule has 10 heteroatoms. The van der Waals surface area contributed by atoms with E-state index in [0.29, 0.717) is 0 Å². The third kappa shape index (κ3) is 6.87. The summed E-state index contributed by atoms with van der Waals surface area (Å²) in [6.07, 6.45) is 0.821. The highest BCUT2D eigenvalue weighted by Crippen LogP contribution is 2.73. The van der Waals surface area contributed by atoms with Crippen molar-refractivity contribution in [2.24, 2.45) is 0 Å². The lowest BCUT2D eigenvalue weighted by Crippen LogP contribution is -2.08. The van der Waals surface area contributed by atoms with Crippen LogP contribution in [0.25, 0.3) is 0 Å². The summed E-state index contributed by atoms with van der Waals surface area (Å²) in [5.41, 5.74) is 0. The number of hydrogen-bond donors (Lipinski definition) is 0. The van der Waals surface area contributed by atoms with E-state index in [1.807, 2.05) is 0 Å². The minimum Gasteiger partial charge on any atom is -0.463 e. The van der Waals surface area contributed by atoms with Crippen LogP contribution in [0.1, 0.15) is 34.6 Å². The summed E-state index contributed by atoms with van der Waals surface area (Å²) in [7, 11) is -8.08. The van der Waals surface area contributed by atoms with Crippen molar-refractivity contribution in [3.05, 3.63) is 11.1 Å². The molecule has 0 radical (unpaired) electrons. The number of carbonyl (C=O) groups excluding carboxylic acids is 1. The number of hydrogen-bond acceptors (Lipinski definition) is 8. The Hall–Kier alpha value is -0.490. The fourth-order valence-corrected chi connectivity index (χ4v) is 6.07. The van der Waals surface area contributed by atoms with E-state index in [2.05, 4.69) is 0 Å². The lowest BCUT2D eigenvalue weighted by atomic mass is 10.6. The molecule has 0 N–H and O–H groups in total. The highest BCUT2D eigenvalue weighted by atomic mass is 31.2. The molecule has 0 aliphatic carbocycles. The summed E-state index contributed by atoms with van der Waals surface area (Å²) in [5, 5.41) is -0.448. The highest BCUT2D eigenvalue weighted by Gasteiger charge is 2.45. The molecule has 0 aromatic heterocycles. The first-order valence-electron chi connectivity index (χ1n) is 7.51. The number of carbonyl (C=O) groups is 1. The Bertz CT molecular complexity index is 436. The predicted octanol–water partition coefficient (Wildman–Crippen LogP) is 3.92. The van der Waals surface area contributed by atoms with Crippen molar-refractivity contribution in [2.45, 2.75) is 34.6 Å². The summed E-state index contributed by atoms with van der Waals surface area (Å²) in [4.78, 5) is 11.8. The first-order chi connectivity index (χ1) is 10.8. The minimum absolute atomic E-state index is 0.0235. The van der Waals surface area contributed by atoms with Gasteiger partial charge >= 0.3 is 21.2 Å². The van der Waals surface area contributed by atoms with Gasteiger partial charge in [0.05, 0.1) is 33.0 Å². The average molecular weight is 372 g/mol. The average Bonchev–Trinajstić information content (AvgIpc) is 2.46. The van der Waals surface area contributed by atoms with Crippen LogP contribution in [0.5, 0.6) is 0 Å². The van der Waals surface area contributed by atoms with Crippen molar-refractivity contribution in [1.82, 2.24) is 0 Å². The van der Waals surface area contributed by atoms with Crippen LogP contribution in [-0.4, -0.2) is 39.0 Å². The molecule has 0 aromatic carbocycles. The van der Waals surface area contributed by atoms with E-state index in [1.165, 1.54) is 0 Å². The lowest BCUT2D eigenvalue weighted by Gasteiger charge is -2.25. The van der Waals surface area contributed by atoms with Crippen LogP contribution < -0.4 is 0 Å². The van der Waals surface area contributed by atoms with Crippen molar-refractivity contribution in [3.8, 4) is 0 Å². The van der Waals surface area contributed by atoms with E-state index >= 15 is 0 Å². The Balaban J connectivity index is 6.11. The van der Waals surface area contributed by atoms with Crippen LogP contribution in [0, 0.1) is 0 Å². The standard InChI is InChI=1S/C13H26O8P2/c1-6-17-12(14)11-13(22(15,18-7-2)19-8-3)23(16,20-9-4)21-10-5/h11H,6-10H2,1-5H3. The fraction of sp³-hybridized carbons (Fsp3) is 0.769. The zero-order valence-electron chi connectivity index (χ0n) is 14.3. The molecule has 0 atom stereocenters. The Morgan fingerprint density at radius 1 is 0.739 bits per heavy atom. The zero-order valence-corrected chi connectivity index (χ0v) is 16.1. The summed E-state index contributed by atoms with van der Waals surface area (Å²) in [5.74, 6) is -0.832. The summed E-state index contributed by atoms with van der Waals surface area (Å²) in [6, 6.07) is 0. The molecule has 0 rings (SSSR count). The van der Waals surface area contributed by atoms with Gasteiger partial charge in [0, 0.05) is 6.08 Å². The summed E-state index contributed by atoms with van der Waals surface area (Å²) in [6.45, 7) is 8.20. The second-order valence-electron chi connectivity index (χ2n) is 3.92. The van der Waals surface area contributed by atoms with E-state index in [4.69, 9.17) is 22.8 Å². The maximum atomic E-state index is 13.0. The molecule has 0 bridgehead atoms. The molecule has 8 nitrogen and oxygen atoms in total. The van der Waals surface area contributed by atoms with Crippen LogP contribution in [0.2, 0.25) is 0 Å². The monoisotopic (exact) mass is 372 g/mol. The van der Waals surface area contributed by atoms with Crippen LogP contribution in [0.15, 0.2) is 11.1 Å². The smallest absolute Gasteiger partial charge is 0.369 e. The van der Waals surface area contributed by atoms with Gasteiger partial charge < -0.3 is 22.8 Å². The molecule has 0 amide bonds. The summed E-state index contributed by atoms with van der Waals surface area (Å²) < 4.78 is 51.5. The van der Waals surface area contributed by atoms with Crippen LogP contribution in [0.4, 0.5) is 0 Å². The van der Waals surface area contributed by atoms with Crippen LogP contribution in [0.3, 0.4) is 0 Å². The maximum Gasteiger partial charge on any atom is 0.369 e. The first kappa shape index (κ1) is 22.5. The molecule has 0 aliphatic rings. The van der Waals surface area contributed by atoms with Crippen molar-refractivity contribution in [2.75, 3.05) is 33.0 Å². The molecule has 0 aromatic rings. The molecule has 136 valence electrons. The normalized spacial score (nSPS) is 12.0. The highest BCUT2D eigenvalue weighted by molar-refractivity contribution is 7.78. The van der Waals surface area contributed by atoms with Gasteiger partial charge in [0.1, 0.15) is 0 Å². The van der Waals surface area contributed by atoms with Crippen molar-refractivity contribution < 1.29 is 36.8 Å². The molecule has 0 aliphatic heterocycles. The number of esters is 1. The SMILES string of the molecule is CCOC(=O)C=C(P(=O)(OCC)OCC)P(=O)(OCC)OCC. The molecular formula is C13H26O8P2. The molecule has 0 heterocycles. The van der Waals surface area contributed by atoms with Crippen molar-refractivity contribution in [3.63, 3.8) is 0 Å². The van der Waals surface area contributed by atoms with Gasteiger partial charge in [-0.2, -0.15) is 0 Å². The maximum absolute atomic E-state index is 13.0. The quantitative estimate of drug-likeness (QED) is 0.289. The van der Waals surface area contributed by atoms with Crippen LogP contribution >= 0.6 is 15.2 Å². The van der Waals surface area contributed by atoms with Gasteiger partial charge in [-0.05, 0) is 34.6 Å². The summed E-state index contributed by atoms with van der Waals surface area (Å²) >= 11 is 0. The van der Waals surface area contributed by atoms with Gasteiger partial charge in [0.15, 0.2) is 5.06 Å². The van der Waals surface area contributed by atoms with Crippen molar-refractivity contribution >= 4 is 21.2 Å². The molecule has 0 saturated heterocycles. The van der Waals surface area contributed by atoms with Gasteiger partial charge in [0.25, 0.3) is 0 Å². The fourth-order valence-electron chi connectivity index (χ4n) is 1.62. The minimum atomic E-state index is -4.04. The largest absolute Gasteiger partial charge is 0.463 e. The third-order valence-corrected chi connectivity index (χ3v) is 7.53. The van der Waals surface area contributed by atoms with E-state index < -0.39 is 26.2 Å². The van der Waals surface area contributed by atoms with E-state index in [9.17, 15) is 13.9 Å².